The summed E-state index contributed by atoms with van der Waals surface area (Å²) in [6, 6.07) is 1.44. The van der Waals surface area contributed by atoms with Gasteiger partial charge in [0.25, 0.3) is 0 Å². The molecular weight excluding hydrogens is 313 g/mol. The van der Waals surface area contributed by atoms with Crippen LogP contribution in [0.1, 0.15) is 19.4 Å². The summed E-state index contributed by atoms with van der Waals surface area (Å²) in [7, 11) is 0. The monoisotopic (exact) mass is 324 g/mol. The zero-order chi connectivity index (χ0) is 16.4. The number of carboxylic acids is 1. The predicted molar refractivity (Wildman–Crippen MR) is 70.3 cm³/mol. The number of carboxylic acid groups (broad SMARTS) is 1. The van der Waals surface area contributed by atoms with Crippen LogP contribution in [0, 0.1) is 0 Å². The zero-order valence-corrected chi connectivity index (χ0v) is 11.8. The first kappa shape index (κ1) is 17.1. The third kappa shape index (κ3) is 4.52. The van der Waals surface area contributed by atoms with Crippen molar-refractivity contribution in [3.05, 3.63) is 28.8 Å². The summed E-state index contributed by atoms with van der Waals surface area (Å²) in [5.74, 6) is -1.30. The second-order valence-corrected chi connectivity index (χ2v) is 5.11. The van der Waals surface area contributed by atoms with Gasteiger partial charge in [-0.2, -0.15) is 13.2 Å². The summed E-state index contributed by atoms with van der Waals surface area (Å²) < 4.78 is 37.7. The minimum absolute atomic E-state index is 0.105. The number of aliphatic carboxylic acids is 1. The van der Waals surface area contributed by atoms with Crippen molar-refractivity contribution in [3.63, 3.8) is 0 Å². The average Bonchev–Trinajstić information content (AvgIpc) is 2.29. The lowest BCUT2D eigenvalue weighted by Gasteiger charge is -2.21. The van der Waals surface area contributed by atoms with Crippen molar-refractivity contribution < 1.29 is 27.9 Å². The van der Waals surface area contributed by atoms with Gasteiger partial charge < -0.3 is 15.7 Å². The smallest absolute Gasteiger partial charge is 0.416 e. The molecule has 3 N–H and O–H groups in total. The molecule has 1 rings (SSSR count). The number of rotatable bonds is 3. The van der Waals surface area contributed by atoms with Crippen molar-refractivity contribution in [2.24, 2.45) is 0 Å². The van der Waals surface area contributed by atoms with Crippen LogP contribution in [-0.2, 0) is 11.0 Å². The molecule has 0 aliphatic carbocycles. The summed E-state index contributed by atoms with van der Waals surface area (Å²) in [5.41, 5.74) is -2.84. The molecule has 0 unspecified atom stereocenters. The van der Waals surface area contributed by atoms with Gasteiger partial charge in [0.05, 0.1) is 16.3 Å². The van der Waals surface area contributed by atoms with Gasteiger partial charge in [-0.3, -0.25) is 0 Å². The van der Waals surface area contributed by atoms with E-state index in [1.807, 2.05) is 0 Å². The molecule has 1 aromatic carbocycles. The van der Waals surface area contributed by atoms with Gasteiger partial charge in [0.2, 0.25) is 0 Å². The van der Waals surface area contributed by atoms with Crippen LogP contribution < -0.4 is 10.6 Å². The summed E-state index contributed by atoms with van der Waals surface area (Å²) in [6.07, 6.45) is -4.59. The predicted octanol–water partition coefficient (Wildman–Crippen LogP) is 3.34. The van der Waals surface area contributed by atoms with Crippen molar-refractivity contribution in [3.8, 4) is 0 Å². The number of anilines is 1. The molecule has 2 amide bonds. The average molecular weight is 325 g/mol. The van der Waals surface area contributed by atoms with Crippen LogP contribution in [0.3, 0.4) is 0 Å². The van der Waals surface area contributed by atoms with Crippen LogP contribution in [0.4, 0.5) is 23.7 Å². The van der Waals surface area contributed by atoms with Crippen molar-refractivity contribution in [2.75, 3.05) is 5.32 Å². The van der Waals surface area contributed by atoms with E-state index in [1.54, 1.807) is 0 Å². The Balaban J connectivity index is 2.93. The normalized spacial score (nSPS) is 11.9. The Morgan fingerprint density at radius 3 is 2.29 bits per heavy atom. The Bertz CT molecular complexity index is 573. The van der Waals surface area contributed by atoms with Crippen LogP contribution >= 0.6 is 11.6 Å². The number of alkyl halides is 3. The number of urea groups is 1. The van der Waals surface area contributed by atoms with Gasteiger partial charge >= 0.3 is 18.2 Å². The van der Waals surface area contributed by atoms with Gasteiger partial charge in [0.1, 0.15) is 5.54 Å². The number of hydrogen-bond donors (Lipinski definition) is 3. The molecule has 21 heavy (non-hydrogen) atoms. The Hall–Kier alpha value is -1.96. The quantitative estimate of drug-likeness (QED) is 0.798. The van der Waals surface area contributed by atoms with Crippen molar-refractivity contribution in [2.45, 2.75) is 25.6 Å². The molecule has 0 aromatic heterocycles. The van der Waals surface area contributed by atoms with E-state index in [9.17, 15) is 22.8 Å². The zero-order valence-electron chi connectivity index (χ0n) is 11.0. The first-order valence-electron chi connectivity index (χ1n) is 5.63. The van der Waals surface area contributed by atoms with E-state index in [4.69, 9.17) is 16.7 Å². The van der Waals surface area contributed by atoms with Crippen LogP contribution in [0.5, 0.6) is 0 Å². The molecule has 0 saturated carbocycles. The molecule has 0 aliphatic heterocycles. The van der Waals surface area contributed by atoms with Gasteiger partial charge in [-0.05, 0) is 32.0 Å². The lowest BCUT2D eigenvalue weighted by molar-refractivity contribution is -0.143. The molecule has 9 heteroatoms. The maximum atomic E-state index is 12.6. The topological polar surface area (TPSA) is 78.4 Å². The standard InChI is InChI=1S/C12H12ClF3N2O3/c1-11(2,9(19)20)18-10(21)17-8-5-6(12(14,15)16)3-4-7(8)13/h3-5H,1-2H3,(H,19,20)(H2,17,18,21). The third-order valence-electron chi connectivity index (χ3n) is 2.50. The van der Waals surface area contributed by atoms with Gasteiger partial charge in [0, 0.05) is 0 Å². The first-order chi connectivity index (χ1) is 9.43. The lowest BCUT2D eigenvalue weighted by atomic mass is 10.1. The highest BCUT2D eigenvalue weighted by atomic mass is 35.5. The summed E-state index contributed by atoms with van der Waals surface area (Å²) in [4.78, 5) is 22.5. The number of hydrogen-bond acceptors (Lipinski definition) is 2. The van der Waals surface area contributed by atoms with Crippen molar-refractivity contribution >= 4 is 29.3 Å². The molecule has 0 spiro atoms. The van der Waals surface area contributed by atoms with Crippen LogP contribution in [-0.4, -0.2) is 22.6 Å². The molecule has 0 bridgehead atoms. The van der Waals surface area contributed by atoms with Crippen LogP contribution in [0.25, 0.3) is 0 Å². The maximum absolute atomic E-state index is 12.6. The van der Waals surface area contributed by atoms with Crippen molar-refractivity contribution in [1.29, 1.82) is 0 Å². The Labute approximate surface area is 123 Å². The van der Waals surface area contributed by atoms with E-state index in [1.165, 1.54) is 13.8 Å². The number of carbonyl (C=O) groups excluding carboxylic acids is 1. The fourth-order valence-electron chi connectivity index (χ4n) is 1.29. The van der Waals surface area contributed by atoms with E-state index in [2.05, 4.69) is 10.6 Å². The number of benzene rings is 1. The SMILES string of the molecule is CC(C)(NC(=O)Nc1cc(C(F)(F)F)ccc1Cl)C(=O)O. The van der Waals surface area contributed by atoms with Gasteiger partial charge in [-0.25, -0.2) is 9.59 Å². The Kier molecular flexibility index (Phi) is 4.72. The highest BCUT2D eigenvalue weighted by Gasteiger charge is 2.32. The molecule has 0 radical (unpaired) electrons. The van der Waals surface area contributed by atoms with E-state index >= 15 is 0 Å². The molecule has 0 saturated heterocycles. The maximum Gasteiger partial charge on any atom is 0.416 e. The largest absolute Gasteiger partial charge is 0.480 e. The molecular formula is C12H12ClF3N2O3. The first-order valence-corrected chi connectivity index (χ1v) is 6.00. The Morgan fingerprint density at radius 2 is 1.81 bits per heavy atom. The molecule has 0 fully saturated rings. The summed E-state index contributed by atoms with van der Waals surface area (Å²) >= 11 is 5.70. The lowest BCUT2D eigenvalue weighted by Crippen LogP contribution is -2.51. The summed E-state index contributed by atoms with van der Waals surface area (Å²) in [6.45, 7) is 2.45. The molecule has 0 heterocycles. The molecule has 1 aromatic rings. The second kappa shape index (κ2) is 5.80. The summed E-state index contributed by atoms with van der Waals surface area (Å²) in [5, 5.41) is 12.9. The molecule has 0 atom stereocenters. The van der Waals surface area contributed by atoms with Gasteiger partial charge in [-0.1, -0.05) is 11.6 Å². The third-order valence-corrected chi connectivity index (χ3v) is 2.83. The van der Waals surface area contributed by atoms with Gasteiger partial charge in [-0.15, -0.1) is 0 Å². The second-order valence-electron chi connectivity index (χ2n) is 4.70. The van der Waals surface area contributed by atoms with Crippen molar-refractivity contribution in [1.82, 2.24) is 5.32 Å². The number of nitrogens with one attached hydrogen (secondary N) is 2. The highest BCUT2D eigenvalue weighted by molar-refractivity contribution is 6.33. The van der Waals surface area contributed by atoms with Gasteiger partial charge in [0.15, 0.2) is 0 Å². The van der Waals surface area contributed by atoms with Crippen LogP contribution in [0.15, 0.2) is 18.2 Å². The highest BCUT2D eigenvalue weighted by Crippen LogP contribution is 2.33. The fourth-order valence-corrected chi connectivity index (χ4v) is 1.45. The van der Waals surface area contributed by atoms with Crippen LogP contribution in [0.2, 0.25) is 5.02 Å². The number of amides is 2. The van der Waals surface area contributed by atoms with E-state index in [-0.39, 0.29) is 10.7 Å². The molecule has 5 nitrogen and oxygen atoms in total. The number of halogens is 4. The van der Waals surface area contributed by atoms with E-state index in [0.29, 0.717) is 6.07 Å². The van der Waals surface area contributed by atoms with E-state index < -0.39 is 29.3 Å². The van der Waals surface area contributed by atoms with E-state index in [0.717, 1.165) is 12.1 Å². The minimum Gasteiger partial charge on any atom is -0.480 e. The Morgan fingerprint density at radius 1 is 1.24 bits per heavy atom. The minimum atomic E-state index is -4.59. The molecule has 116 valence electrons. The molecule has 0 aliphatic rings. The fraction of sp³-hybridized carbons (Fsp3) is 0.333. The number of carbonyl (C=O) groups is 2.